The molecule has 0 amide bonds. The van der Waals surface area contributed by atoms with Crippen molar-refractivity contribution in [2.24, 2.45) is 11.8 Å². The van der Waals surface area contributed by atoms with Crippen molar-refractivity contribution in [3.63, 3.8) is 0 Å². The Morgan fingerprint density at radius 3 is 2.36 bits per heavy atom. The molecule has 0 unspecified atom stereocenters. The molecule has 1 fully saturated rings. The molecular weight excluding hydrogens is 436 g/mol. The van der Waals surface area contributed by atoms with E-state index >= 15 is 0 Å². The lowest BCUT2D eigenvalue weighted by atomic mass is 10.0. The van der Waals surface area contributed by atoms with Crippen LogP contribution in [-0.4, -0.2) is 52.1 Å². The molecule has 1 aliphatic heterocycles. The summed E-state index contributed by atoms with van der Waals surface area (Å²) in [6.45, 7) is 6.89. The van der Waals surface area contributed by atoms with E-state index in [9.17, 15) is 8.42 Å². The average Bonchev–Trinajstić information content (AvgIpc) is 3.20. The molecule has 2 aromatic carbocycles. The maximum atomic E-state index is 13.7. The lowest BCUT2D eigenvalue weighted by molar-refractivity contribution is 0.0605. The molecule has 1 saturated heterocycles. The summed E-state index contributed by atoms with van der Waals surface area (Å²) >= 11 is 0. The van der Waals surface area contributed by atoms with E-state index < -0.39 is 10.0 Å². The van der Waals surface area contributed by atoms with Crippen LogP contribution in [0, 0.1) is 11.8 Å². The van der Waals surface area contributed by atoms with Crippen LogP contribution < -0.4 is 9.21 Å². The summed E-state index contributed by atoms with van der Waals surface area (Å²) in [5.74, 6) is 0.719. The number of fused-ring (bicyclic) bond motifs is 1. The van der Waals surface area contributed by atoms with Crippen LogP contribution in [0.1, 0.15) is 26.7 Å². The summed E-state index contributed by atoms with van der Waals surface area (Å²) in [5, 5.41) is 5.40. The molecule has 0 saturated carbocycles. The van der Waals surface area contributed by atoms with Crippen LogP contribution in [0.5, 0.6) is 0 Å². The minimum Gasteiger partial charge on any atom is -0.381 e. The van der Waals surface area contributed by atoms with Gasteiger partial charge in [-0.15, -0.1) is 0 Å². The van der Waals surface area contributed by atoms with Crippen molar-refractivity contribution >= 4 is 32.3 Å². The number of benzene rings is 2. The van der Waals surface area contributed by atoms with Crippen LogP contribution in [0.25, 0.3) is 10.9 Å². The summed E-state index contributed by atoms with van der Waals surface area (Å²) in [6, 6.07) is 13.0. The van der Waals surface area contributed by atoms with Gasteiger partial charge in [0.1, 0.15) is 0 Å². The minimum absolute atomic E-state index is 0.180. The quantitative estimate of drug-likeness (QED) is 0.489. The van der Waals surface area contributed by atoms with Gasteiger partial charge in [0.25, 0.3) is 10.0 Å². The molecule has 0 bridgehead atoms. The molecule has 2 heterocycles. The Balaban J connectivity index is 1.64. The maximum Gasteiger partial charge on any atom is 0.264 e. The van der Waals surface area contributed by atoms with Gasteiger partial charge < -0.3 is 9.64 Å². The number of ether oxygens (including phenoxy) is 1. The van der Waals surface area contributed by atoms with E-state index in [0.717, 1.165) is 49.2 Å². The van der Waals surface area contributed by atoms with Crippen molar-refractivity contribution in [2.45, 2.75) is 38.1 Å². The number of hydrogen-bond acceptors (Lipinski definition) is 5. The molecule has 0 atom stereocenters. The van der Waals surface area contributed by atoms with Gasteiger partial charge in [0.05, 0.1) is 22.3 Å². The van der Waals surface area contributed by atoms with Crippen molar-refractivity contribution in [1.29, 1.82) is 0 Å². The SMILES string of the molecule is CC(C)CN(c1ccc(N(C)C)cc1)S(=O)(=O)c1ccc2c(cnn2CC2CCOCC2)c1. The largest absolute Gasteiger partial charge is 0.381 e. The number of hydrogen-bond donors (Lipinski definition) is 0. The molecule has 178 valence electrons. The molecule has 8 heteroatoms. The van der Waals surface area contributed by atoms with E-state index in [2.05, 4.69) is 5.10 Å². The monoisotopic (exact) mass is 470 g/mol. The topological polar surface area (TPSA) is 67.7 Å². The highest BCUT2D eigenvalue weighted by molar-refractivity contribution is 7.92. The third kappa shape index (κ3) is 5.17. The van der Waals surface area contributed by atoms with E-state index in [1.165, 1.54) is 4.31 Å². The molecular formula is C25H34N4O3S. The number of nitrogens with zero attached hydrogens (tertiary/aromatic N) is 4. The molecule has 7 nitrogen and oxygen atoms in total. The molecule has 0 aliphatic carbocycles. The molecule has 0 spiro atoms. The summed E-state index contributed by atoms with van der Waals surface area (Å²) < 4.78 is 36.4. The van der Waals surface area contributed by atoms with Gasteiger partial charge in [-0.3, -0.25) is 8.99 Å². The van der Waals surface area contributed by atoms with Crippen LogP contribution >= 0.6 is 0 Å². The molecule has 1 aromatic heterocycles. The van der Waals surface area contributed by atoms with Crippen LogP contribution in [0.4, 0.5) is 11.4 Å². The predicted octanol–water partition coefficient (Wildman–Crippen LogP) is 4.38. The standard InChI is InChI=1S/C25H34N4O3S/c1-19(2)17-29(23-7-5-22(6-8-23)27(3)4)33(30,31)24-9-10-25-21(15-24)16-26-28(25)18-20-11-13-32-14-12-20/h5-10,15-16,19-20H,11-14,17-18H2,1-4H3. The Labute approximate surface area is 197 Å². The van der Waals surface area contributed by atoms with Crippen LogP contribution in [0.3, 0.4) is 0 Å². The predicted molar refractivity (Wildman–Crippen MR) is 133 cm³/mol. The van der Waals surface area contributed by atoms with Crippen molar-refractivity contribution in [3.8, 4) is 0 Å². The molecule has 3 aromatic rings. The molecule has 4 rings (SSSR count). The normalized spacial score (nSPS) is 15.3. The summed E-state index contributed by atoms with van der Waals surface area (Å²) in [5.41, 5.74) is 2.66. The van der Waals surface area contributed by atoms with E-state index in [0.29, 0.717) is 18.2 Å². The van der Waals surface area contributed by atoms with Gasteiger partial charge in [0.15, 0.2) is 0 Å². The second-order valence-corrected chi connectivity index (χ2v) is 11.3. The van der Waals surface area contributed by atoms with Crippen LogP contribution in [-0.2, 0) is 21.3 Å². The van der Waals surface area contributed by atoms with Gasteiger partial charge in [0.2, 0.25) is 0 Å². The van der Waals surface area contributed by atoms with Crippen molar-refractivity contribution < 1.29 is 13.2 Å². The third-order valence-corrected chi connectivity index (χ3v) is 7.95. The highest BCUT2D eigenvalue weighted by atomic mass is 32.2. The van der Waals surface area contributed by atoms with E-state index in [1.807, 2.05) is 67.9 Å². The Kier molecular flexibility index (Phi) is 6.95. The van der Waals surface area contributed by atoms with Crippen molar-refractivity contribution in [1.82, 2.24) is 9.78 Å². The van der Waals surface area contributed by atoms with Gasteiger partial charge in [-0.05, 0) is 67.1 Å². The summed E-state index contributed by atoms with van der Waals surface area (Å²) in [4.78, 5) is 2.29. The molecule has 0 radical (unpaired) electrons. The Hall–Kier alpha value is -2.58. The second kappa shape index (κ2) is 9.73. The van der Waals surface area contributed by atoms with Crippen molar-refractivity contribution in [3.05, 3.63) is 48.7 Å². The Morgan fingerprint density at radius 2 is 1.73 bits per heavy atom. The lowest BCUT2D eigenvalue weighted by Crippen LogP contribution is -2.34. The summed E-state index contributed by atoms with van der Waals surface area (Å²) in [6.07, 6.45) is 3.83. The smallest absolute Gasteiger partial charge is 0.264 e. The van der Waals surface area contributed by atoms with Crippen LogP contribution in [0.15, 0.2) is 53.6 Å². The van der Waals surface area contributed by atoms with Gasteiger partial charge in [-0.1, -0.05) is 13.8 Å². The first-order chi connectivity index (χ1) is 15.8. The fourth-order valence-electron chi connectivity index (χ4n) is 4.26. The molecule has 1 aliphatic rings. The first-order valence-electron chi connectivity index (χ1n) is 11.6. The fraction of sp³-hybridized carbons (Fsp3) is 0.480. The Bertz CT molecular complexity index is 1180. The zero-order valence-electron chi connectivity index (χ0n) is 19.9. The van der Waals surface area contributed by atoms with Gasteiger partial charge in [-0.2, -0.15) is 5.10 Å². The van der Waals surface area contributed by atoms with Crippen molar-refractivity contribution in [2.75, 3.05) is 43.1 Å². The highest BCUT2D eigenvalue weighted by Crippen LogP contribution is 2.29. The van der Waals surface area contributed by atoms with E-state index in [4.69, 9.17) is 4.74 Å². The van der Waals surface area contributed by atoms with Crippen LogP contribution in [0.2, 0.25) is 0 Å². The van der Waals surface area contributed by atoms with Gasteiger partial charge in [0, 0.05) is 51.5 Å². The van der Waals surface area contributed by atoms with E-state index in [-0.39, 0.29) is 10.8 Å². The minimum atomic E-state index is -3.73. The zero-order chi connectivity index (χ0) is 23.6. The first kappa shape index (κ1) is 23.6. The Morgan fingerprint density at radius 1 is 1.06 bits per heavy atom. The lowest BCUT2D eigenvalue weighted by Gasteiger charge is -2.27. The summed E-state index contributed by atoms with van der Waals surface area (Å²) in [7, 11) is 0.209. The number of sulfonamides is 1. The highest BCUT2D eigenvalue weighted by Gasteiger charge is 2.26. The van der Waals surface area contributed by atoms with Gasteiger partial charge in [-0.25, -0.2) is 8.42 Å². The molecule has 33 heavy (non-hydrogen) atoms. The zero-order valence-corrected chi connectivity index (χ0v) is 20.8. The third-order valence-electron chi connectivity index (χ3n) is 6.16. The average molecular weight is 471 g/mol. The number of rotatable bonds is 8. The van der Waals surface area contributed by atoms with Gasteiger partial charge >= 0.3 is 0 Å². The first-order valence-corrected chi connectivity index (χ1v) is 13.0. The number of anilines is 2. The maximum absolute atomic E-state index is 13.7. The number of aromatic nitrogens is 2. The van der Waals surface area contributed by atoms with E-state index in [1.54, 1.807) is 18.3 Å². The second-order valence-electron chi connectivity index (χ2n) is 9.44. The molecule has 0 N–H and O–H groups in total. The fourth-order valence-corrected chi connectivity index (χ4v) is 5.93.